The van der Waals surface area contributed by atoms with Crippen LogP contribution in [-0.4, -0.2) is 25.5 Å². The Bertz CT molecular complexity index is 789. The average Bonchev–Trinajstić information content (AvgIpc) is 3.21. The Kier molecular flexibility index (Phi) is 7.45. The van der Waals surface area contributed by atoms with Crippen LogP contribution in [0.3, 0.4) is 0 Å². The second kappa shape index (κ2) is 10.3. The van der Waals surface area contributed by atoms with E-state index in [1.165, 1.54) is 16.0 Å². The predicted octanol–water partition coefficient (Wildman–Crippen LogP) is 5.11. The number of nitrogens with zero attached hydrogens (tertiary/aromatic N) is 1. The third kappa shape index (κ3) is 6.21. The van der Waals surface area contributed by atoms with Gasteiger partial charge in [0.05, 0.1) is 0 Å². The second-order valence-corrected chi connectivity index (χ2v) is 7.80. The molecule has 0 saturated carbocycles. The highest BCUT2D eigenvalue weighted by Gasteiger charge is 2.14. The van der Waals surface area contributed by atoms with Gasteiger partial charge in [-0.15, -0.1) is 11.3 Å². The molecule has 0 saturated heterocycles. The van der Waals surface area contributed by atoms with Gasteiger partial charge in [0.15, 0.2) is 0 Å². The summed E-state index contributed by atoms with van der Waals surface area (Å²) in [5.74, 6) is 0.940. The molecule has 4 heteroatoms. The van der Waals surface area contributed by atoms with Crippen molar-refractivity contribution in [3.8, 4) is 5.75 Å². The summed E-state index contributed by atoms with van der Waals surface area (Å²) in [6.45, 7) is 2.76. The SMILES string of the molecule is CNCCC(Oc1cccc(CN(C)Cc2ccccc2)c1)c1cccs1. The Balaban J connectivity index is 1.63. The second-order valence-electron chi connectivity index (χ2n) is 6.82. The minimum absolute atomic E-state index is 0.0924. The zero-order valence-corrected chi connectivity index (χ0v) is 16.9. The molecular weight excluding hydrogens is 352 g/mol. The molecule has 1 unspecified atom stereocenters. The molecule has 3 nitrogen and oxygen atoms in total. The number of benzene rings is 2. The highest BCUT2D eigenvalue weighted by Crippen LogP contribution is 2.28. The smallest absolute Gasteiger partial charge is 0.134 e. The summed E-state index contributed by atoms with van der Waals surface area (Å²) in [6, 6.07) is 23.3. The van der Waals surface area contributed by atoms with Crippen molar-refractivity contribution in [1.82, 2.24) is 10.2 Å². The lowest BCUT2D eigenvalue weighted by Crippen LogP contribution is -2.17. The van der Waals surface area contributed by atoms with Gasteiger partial charge < -0.3 is 10.1 Å². The van der Waals surface area contributed by atoms with Crippen molar-refractivity contribution >= 4 is 11.3 Å². The van der Waals surface area contributed by atoms with E-state index < -0.39 is 0 Å². The van der Waals surface area contributed by atoms with Crippen LogP contribution in [0.25, 0.3) is 0 Å². The summed E-state index contributed by atoms with van der Waals surface area (Å²) < 4.78 is 6.35. The maximum Gasteiger partial charge on any atom is 0.134 e. The molecule has 3 rings (SSSR count). The zero-order valence-electron chi connectivity index (χ0n) is 16.1. The molecule has 2 aromatic carbocycles. The number of ether oxygens (including phenoxy) is 1. The number of nitrogens with one attached hydrogen (secondary N) is 1. The first-order chi connectivity index (χ1) is 13.2. The van der Waals surface area contributed by atoms with E-state index >= 15 is 0 Å². The van der Waals surface area contributed by atoms with Gasteiger partial charge in [0.25, 0.3) is 0 Å². The maximum absolute atomic E-state index is 6.35. The molecule has 0 fully saturated rings. The highest BCUT2D eigenvalue weighted by molar-refractivity contribution is 7.10. The molecule has 142 valence electrons. The van der Waals surface area contributed by atoms with Crippen molar-refractivity contribution in [2.75, 3.05) is 20.6 Å². The van der Waals surface area contributed by atoms with E-state index in [1.54, 1.807) is 11.3 Å². The summed E-state index contributed by atoms with van der Waals surface area (Å²) in [6.07, 6.45) is 1.05. The number of hydrogen-bond donors (Lipinski definition) is 1. The molecule has 0 bridgehead atoms. The first-order valence-corrected chi connectivity index (χ1v) is 10.3. The first-order valence-electron chi connectivity index (χ1n) is 9.40. The standard InChI is InChI=1S/C23H28N2OS/c1-24-14-13-22(23-12-7-15-27-23)26-21-11-6-10-20(16-21)18-25(2)17-19-8-4-3-5-9-19/h3-12,15-16,22,24H,13-14,17-18H2,1-2H3. The fourth-order valence-corrected chi connectivity index (χ4v) is 3.94. The number of hydrogen-bond acceptors (Lipinski definition) is 4. The van der Waals surface area contributed by atoms with Gasteiger partial charge in [-0.2, -0.15) is 0 Å². The Hall–Kier alpha value is -2.14. The number of rotatable bonds is 10. The highest BCUT2D eigenvalue weighted by atomic mass is 32.1. The van der Waals surface area contributed by atoms with Gasteiger partial charge in [0, 0.05) is 24.4 Å². The largest absolute Gasteiger partial charge is 0.485 e. The molecule has 0 aliphatic heterocycles. The van der Waals surface area contributed by atoms with Crippen molar-refractivity contribution in [2.45, 2.75) is 25.6 Å². The maximum atomic E-state index is 6.35. The van der Waals surface area contributed by atoms with Crippen LogP contribution < -0.4 is 10.1 Å². The molecule has 1 atom stereocenters. The van der Waals surface area contributed by atoms with Crippen molar-refractivity contribution in [2.24, 2.45) is 0 Å². The van der Waals surface area contributed by atoms with E-state index in [2.05, 4.69) is 89.4 Å². The molecule has 0 amide bonds. The van der Waals surface area contributed by atoms with Crippen LogP contribution in [0.5, 0.6) is 5.75 Å². The fraction of sp³-hybridized carbons (Fsp3) is 0.304. The van der Waals surface area contributed by atoms with Gasteiger partial charge in [0.1, 0.15) is 11.9 Å². The lowest BCUT2D eigenvalue weighted by molar-refractivity contribution is 0.198. The quantitative estimate of drug-likeness (QED) is 0.529. The van der Waals surface area contributed by atoms with Crippen LogP contribution in [0.1, 0.15) is 28.5 Å². The minimum Gasteiger partial charge on any atom is -0.485 e. The van der Waals surface area contributed by atoms with E-state index in [9.17, 15) is 0 Å². The first kappa shape index (κ1) is 19.6. The number of thiophene rings is 1. The summed E-state index contributed by atoms with van der Waals surface area (Å²) in [4.78, 5) is 3.60. The normalized spacial score (nSPS) is 12.3. The molecular formula is C23H28N2OS. The third-order valence-electron chi connectivity index (χ3n) is 4.44. The summed E-state index contributed by atoms with van der Waals surface area (Å²) in [5, 5.41) is 5.34. The van der Waals surface area contributed by atoms with Crippen LogP contribution in [0.4, 0.5) is 0 Å². The summed E-state index contributed by atoms with van der Waals surface area (Å²) in [5.41, 5.74) is 2.60. The zero-order chi connectivity index (χ0) is 18.9. The molecule has 1 heterocycles. The predicted molar refractivity (Wildman–Crippen MR) is 114 cm³/mol. The lowest BCUT2D eigenvalue weighted by atomic mass is 10.1. The van der Waals surface area contributed by atoms with Crippen LogP contribution >= 0.6 is 11.3 Å². The lowest BCUT2D eigenvalue weighted by Gasteiger charge is -2.20. The molecule has 0 aliphatic rings. The Morgan fingerprint density at radius 1 is 0.963 bits per heavy atom. The molecule has 0 radical (unpaired) electrons. The van der Waals surface area contributed by atoms with Gasteiger partial charge >= 0.3 is 0 Å². The van der Waals surface area contributed by atoms with Crippen LogP contribution in [0.15, 0.2) is 72.1 Å². The van der Waals surface area contributed by atoms with E-state index in [-0.39, 0.29) is 6.10 Å². The van der Waals surface area contributed by atoms with E-state index in [0.29, 0.717) is 0 Å². The summed E-state index contributed by atoms with van der Waals surface area (Å²) in [7, 11) is 4.14. The van der Waals surface area contributed by atoms with Crippen molar-refractivity contribution in [1.29, 1.82) is 0 Å². The Morgan fingerprint density at radius 2 is 1.74 bits per heavy atom. The third-order valence-corrected chi connectivity index (χ3v) is 5.41. The van der Waals surface area contributed by atoms with Crippen molar-refractivity contribution in [3.63, 3.8) is 0 Å². The van der Waals surface area contributed by atoms with Crippen molar-refractivity contribution < 1.29 is 4.74 Å². The topological polar surface area (TPSA) is 24.5 Å². The molecule has 1 N–H and O–H groups in total. The molecule has 0 spiro atoms. The minimum atomic E-state index is 0.0924. The molecule has 3 aromatic rings. The Labute approximate surface area is 166 Å². The molecule has 0 aliphatic carbocycles. The van der Waals surface area contributed by atoms with Gasteiger partial charge in [0.2, 0.25) is 0 Å². The monoisotopic (exact) mass is 380 g/mol. The van der Waals surface area contributed by atoms with Gasteiger partial charge in [-0.05, 0) is 55.3 Å². The van der Waals surface area contributed by atoms with Crippen LogP contribution in [0.2, 0.25) is 0 Å². The average molecular weight is 381 g/mol. The van der Waals surface area contributed by atoms with Crippen LogP contribution in [0, 0.1) is 0 Å². The summed E-state index contributed by atoms with van der Waals surface area (Å²) >= 11 is 1.76. The molecule has 27 heavy (non-hydrogen) atoms. The van der Waals surface area contributed by atoms with Crippen LogP contribution in [-0.2, 0) is 13.1 Å². The van der Waals surface area contributed by atoms with Gasteiger partial charge in [-0.3, -0.25) is 4.90 Å². The molecule has 1 aromatic heterocycles. The van der Waals surface area contributed by atoms with Gasteiger partial charge in [-0.25, -0.2) is 0 Å². The van der Waals surface area contributed by atoms with E-state index in [1.807, 2.05) is 7.05 Å². The van der Waals surface area contributed by atoms with Crippen molar-refractivity contribution in [3.05, 3.63) is 88.1 Å². The Morgan fingerprint density at radius 3 is 2.48 bits per heavy atom. The fourth-order valence-electron chi connectivity index (χ4n) is 3.15. The van der Waals surface area contributed by atoms with E-state index in [0.717, 1.165) is 31.8 Å². The van der Waals surface area contributed by atoms with E-state index in [4.69, 9.17) is 4.74 Å². The van der Waals surface area contributed by atoms with Gasteiger partial charge in [-0.1, -0.05) is 48.5 Å².